The highest BCUT2D eigenvalue weighted by Gasteiger charge is 2.17. The van der Waals surface area contributed by atoms with Gasteiger partial charge in [-0.25, -0.2) is 17.2 Å². The van der Waals surface area contributed by atoms with E-state index in [4.69, 9.17) is 9.05 Å². The summed E-state index contributed by atoms with van der Waals surface area (Å²) < 4.78 is 65.3. The molecule has 0 aliphatic heterocycles. The summed E-state index contributed by atoms with van der Waals surface area (Å²) in [4.78, 5) is 4.31. The van der Waals surface area contributed by atoms with Gasteiger partial charge in [-0.3, -0.25) is 4.72 Å². The second kappa shape index (κ2) is 12.6. The molecule has 3 N–H and O–H groups in total. The summed E-state index contributed by atoms with van der Waals surface area (Å²) in [5.41, 5.74) is 3.09. The monoisotopic (exact) mass is 595 g/mol. The van der Waals surface area contributed by atoms with Crippen LogP contribution in [0, 0.1) is 18.6 Å². The number of rotatable bonds is 12. The first-order valence-electron chi connectivity index (χ1n) is 13.0. The molecule has 10 nitrogen and oxygen atoms in total. The highest BCUT2D eigenvalue weighted by molar-refractivity contribution is 7.92. The highest BCUT2D eigenvalue weighted by atomic mass is 32.2. The average Bonchev–Trinajstić information content (AvgIpc) is 3.63. The molecule has 0 amide bonds. The third kappa shape index (κ3) is 7.24. The van der Waals surface area contributed by atoms with Gasteiger partial charge in [0.15, 0.2) is 17.4 Å². The summed E-state index contributed by atoms with van der Waals surface area (Å²) in [5, 5.41) is 20.9. The second-order valence-corrected chi connectivity index (χ2v) is 11.3. The normalized spacial score (nSPS) is 12.4. The Balaban J connectivity index is 1.13. The first kappa shape index (κ1) is 29.0. The molecule has 0 saturated carbocycles. The molecule has 1 unspecified atom stereocenters. The Morgan fingerprint density at radius 1 is 0.905 bits per heavy atom. The van der Waals surface area contributed by atoms with E-state index in [9.17, 15) is 22.3 Å². The number of aromatic nitrogens is 3. The number of anilines is 1. The Morgan fingerprint density at radius 2 is 1.64 bits per heavy atom. The number of nitrogens with zero attached hydrogens (tertiary/aromatic N) is 3. The lowest BCUT2D eigenvalue weighted by molar-refractivity contribution is 0.138. The number of aryl methyl sites for hydroxylation is 1. The maximum atomic E-state index is 13.5. The van der Waals surface area contributed by atoms with E-state index in [0.29, 0.717) is 47.8 Å². The quantitative estimate of drug-likeness (QED) is 0.177. The van der Waals surface area contributed by atoms with Crippen LogP contribution < -0.4 is 10.0 Å². The van der Waals surface area contributed by atoms with Gasteiger partial charge in [0.25, 0.3) is 10.0 Å². The van der Waals surface area contributed by atoms with E-state index < -0.39 is 27.8 Å². The zero-order chi connectivity index (χ0) is 29.7. The van der Waals surface area contributed by atoms with E-state index in [1.165, 1.54) is 18.2 Å². The number of sulfonamides is 1. The summed E-state index contributed by atoms with van der Waals surface area (Å²) in [6.07, 6.45) is -0.000739. The van der Waals surface area contributed by atoms with Crippen LogP contribution in [0.2, 0.25) is 0 Å². The molecule has 0 radical (unpaired) electrons. The number of hydrogen-bond donors (Lipinski definition) is 3. The van der Waals surface area contributed by atoms with Gasteiger partial charge in [0.1, 0.15) is 6.10 Å². The van der Waals surface area contributed by atoms with Crippen molar-refractivity contribution < 1.29 is 31.4 Å². The van der Waals surface area contributed by atoms with E-state index in [1.54, 1.807) is 37.3 Å². The minimum absolute atomic E-state index is 0.0468. The SMILES string of the molecule is Cc1cc(C(O)CNCCc2ccc(NS(=O)(=O)c3ccc(-c4noc(Cc5ccc(F)c(F)c5)n4)cc3)cc2)on1. The fraction of sp³-hybridized carbons (Fsp3) is 0.207. The van der Waals surface area contributed by atoms with Crippen LogP contribution in [0.3, 0.4) is 0 Å². The smallest absolute Gasteiger partial charge is 0.261 e. The molecule has 0 aliphatic rings. The van der Waals surface area contributed by atoms with E-state index in [1.807, 2.05) is 12.1 Å². The van der Waals surface area contributed by atoms with Gasteiger partial charge < -0.3 is 19.5 Å². The molecule has 3 aromatic carbocycles. The molecule has 13 heteroatoms. The van der Waals surface area contributed by atoms with Gasteiger partial charge in [0.2, 0.25) is 11.7 Å². The first-order chi connectivity index (χ1) is 20.2. The molecule has 2 aromatic heterocycles. The number of nitrogens with one attached hydrogen (secondary N) is 2. The lowest BCUT2D eigenvalue weighted by Crippen LogP contribution is -2.23. The van der Waals surface area contributed by atoms with Gasteiger partial charge in [-0.15, -0.1) is 0 Å². The largest absolute Gasteiger partial charge is 0.384 e. The molecule has 0 saturated heterocycles. The molecule has 42 heavy (non-hydrogen) atoms. The topological polar surface area (TPSA) is 143 Å². The molecule has 0 bridgehead atoms. The van der Waals surface area contributed by atoms with Crippen molar-refractivity contribution in [3.05, 3.63) is 113 Å². The van der Waals surface area contributed by atoms with Crippen LogP contribution >= 0.6 is 0 Å². The molecule has 0 spiro atoms. The van der Waals surface area contributed by atoms with Crippen molar-refractivity contribution in [1.82, 2.24) is 20.6 Å². The lowest BCUT2D eigenvalue weighted by Gasteiger charge is -2.10. The van der Waals surface area contributed by atoms with Crippen LogP contribution in [0.5, 0.6) is 0 Å². The van der Waals surface area contributed by atoms with Crippen molar-refractivity contribution in [3.63, 3.8) is 0 Å². The van der Waals surface area contributed by atoms with Crippen LogP contribution in [0.25, 0.3) is 11.4 Å². The number of halogens is 2. The molecule has 1 atom stereocenters. The molecule has 0 fully saturated rings. The predicted octanol–water partition coefficient (Wildman–Crippen LogP) is 4.57. The number of aliphatic hydroxyl groups excluding tert-OH is 1. The highest BCUT2D eigenvalue weighted by Crippen LogP contribution is 2.22. The lowest BCUT2D eigenvalue weighted by atomic mass is 10.1. The summed E-state index contributed by atoms with van der Waals surface area (Å²) in [6.45, 7) is 2.71. The van der Waals surface area contributed by atoms with Gasteiger partial charge in [0.05, 0.1) is 17.0 Å². The van der Waals surface area contributed by atoms with Crippen LogP contribution in [0.4, 0.5) is 14.5 Å². The Hall–Kier alpha value is -4.46. The maximum Gasteiger partial charge on any atom is 0.261 e. The van der Waals surface area contributed by atoms with E-state index in [-0.39, 0.29) is 23.0 Å². The van der Waals surface area contributed by atoms with Crippen molar-refractivity contribution in [2.75, 3.05) is 17.8 Å². The van der Waals surface area contributed by atoms with Gasteiger partial charge in [-0.2, -0.15) is 4.98 Å². The third-order valence-electron chi connectivity index (χ3n) is 6.34. The Labute approximate surface area is 240 Å². The van der Waals surface area contributed by atoms with Gasteiger partial charge in [-0.1, -0.05) is 28.5 Å². The van der Waals surface area contributed by atoms with Gasteiger partial charge in [0, 0.05) is 23.9 Å². The van der Waals surface area contributed by atoms with Crippen LogP contribution in [0.1, 0.15) is 34.6 Å². The van der Waals surface area contributed by atoms with Crippen molar-refractivity contribution in [3.8, 4) is 11.4 Å². The van der Waals surface area contributed by atoms with Crippen LogP contribution in [0.15, 0.2) is 86.7 Å². The fourth-order valence-corrected chi connectivity index (χ4v) is 5.18. The maximum absolute atomic E-state index is 13.5. The second-order valence-electron chi connectivity index (χ2n) is 9.60. The van der Waals surface area contributed by atoms with Crippen LogP contribution in [-0.2, 0) is 22.9 Å². The zero-order valence-corrected chi connectivity index (χ0v) is 23.2. The fourth-order valence-electron chi connectivity index (χ4n) is 4.12. The Bertz CT molecular complexity index is 1760. The molecular formula is C29H27F2N5O5S. The molecule has 0 aliphatic carbocycles. The Morgan fingerprint density at radius 3 is 2.33 bits per heavy atom. The van der Waals surface area contributed by atoms with Crippen molar-refractivity contribution in [2.24, 2.45) is 0 Å². The molecule has 218 valence electrons. The predicted molar refractivity (Wildman–Crippen MR) is 149 cm³/mol. The third-order valence-corrected chi connectivity index (χ3v) is 7.74. The van der Waals surface area contributed by atoms with Gasteiger partial charge >= 0.3 is 0 Å². The van der Waals surface area contributed by atoms with Crippen molar-refractivity contribution in [1.29, 1.82) is 0 Å². The molecule has 5 rings (SSSR count). The summed E-state index contributed by atoms with van der Waals surface area (Å²) >= 11 is 0. The summed E-state index contributed by atoms with van der Waals surface area (Å²) in [7, 11) is -3.86. The minimum atomic E-state index is -3.86. The summed E-state index contributed by atoms with van der Waals surface area (Å²) in [6, 6.07) is 18.2. The van der Waals surface area contributed by atoms with Crippen LogP contribution in [-0.4, -0.2) is 41.9 Å². The van der Waals surface area contributed by atoms with Crippen molar-refractivity contribution in [2.45, 2.75) is 30.8 Å². The number of benzene rings is 3. The number of aliphatic hydroxyl groups is 1. The van der Waals surface area contributed by atoms with Gasteiger partial charge in [-0.05, 0) is 79.5 Å². The van der Waals surface area contributed by atoms with Crippen molar-refractivity contribution >= 4 is 15.7 Å². The summed E-state index contributed by atoms with van der Waals surface area (Å²) in [5.74, 6) is -1.06. The average molecular weight is 596 g/mol. The molecular weight excluding hydrogens is 568 g/mol. The zero-order valence-electron chi connectivity index (χ0n) is 22.4. The molecule has 5 aromatic rings. The van der Waals surface area contributed by atoms with E-state index >= 15 is 0 Å². The van der Waals surface area contributed by atoms with E-state index in [2.05, 4.69) is 25.3 Å². The minimum Gasteiger partial charge on any atom is -0.384 e. The van der Waals surface area contributed by atoms with E-state index in [0.717, 1.165) is 17.7 Å². The first-order valence-corrected chi connectivity index (χ1v) is 14.5. The standard InChI is InChI=1S/C29H27F2N5O5S/c1-18-14-27(40-34-18)26(37)17-32-13-12-19-2-7-22(8-3-19)36-42(38,39)23-9-5-21(6-10-23)29-33-28(41-35-29)16-20-4-11-24(30)25(31)15-20/h2-11,14-15,26,32,36-37H,12-13,16-17H2,1H3. The number of hydrogen-bond acceptors (Lipinski definition) is 9. The molecule has 2 heterocycles. The Kier molecular flexibility index (Phi) is 8.71.